The lowest BCUT2D eigenvalue weighted by molar-refractivity contribution is -0.144. The molecule has 108 valence electrons. The van der Waals surface area contributed by atoms with E-state index in [0.29, 0.717) is 6.61 Å². The fraction of sp³-hybridized carbons (Fsp3) is 0.833. The molecule has 2 fully saturated rings. The van der Waals surface area contributed by atoms with Crippen molar-refractivity contribution in [1.29, 1.82) is 0 Å². The summed E-state index contributed by atoms with van der Waals surface area (Å²) in [5.74, 6) is -1.06. The number of nitrogens with two attached hydrogens (primary N) is 1. The second-order valence-corrected chi connectivity index (χ2v) is 5.34. The van der Waals surface area contributed by atoms with Gasteiger partial charge in [0.1, 0.15) is 0 Å². The Kier molecular flexibility index (Phi) is 4.26. The molecule has 1 saturated heterocycles. The number of carbonyl (C=O) groups is 2. The highest BCUT2D eigenvalue weighted by Crippen LogP contribution is 2.20. The predicted molar refractivity (Wildman–Crippen MR) is 67.7 cm³/mol. The number of urea groups is 1. The third-order valence-corrected chi connectivity index (χ3v) is 3.92. The molecular formula is C12H21N3O4. The minimum absolute atomic E-state index is 0.00642. The van der Waals surface area contributed by atoms with Crippen LogP contribution in [0.1, 0.15) is 32.1 Å². The molecule has 0 bridgehead atoms. The number of amides is 2. The third-order valence-electron chi connectivity index (χ3n) is 3.92. The van der Waals surface area contributed by atoms with E-state index >= 15 is 0 Å². The lowest BCUT2D eigenvalue weighted by atomic mass is 9.91. The predicted octanol–water partition coefficient (Wildman–Crippen LogP) is -0.201. The molecule has 1 aliphatic heterocycles. The summed E-state index contributed by atoms with van der Waals surface area (Å²) in [6.45, 7) is 0.349. The van der Waals surface area contributed by atoms with Crippen LogP contribution >= 0.6 is 0 Å². The van der Waals surface area contributed by atoms with E-state index in [-0.39, 0.29) is 25.1 Å². The van der Waals surface area contributed by atoms with E-state index < -0.39 is 17.5 Å². The Hall–Kier alpha value is -1.34. The van der Waals surface area contributed by atoms with Crippen molar-refractivity contribution >= 4 is 12.0 Å². The largest absolute Gasteiger partial charge is 0.479 e. The molecule has 7 heteroatoms. The Balaban J connectivity index is 1.91. The Morgan fingerprint density at radius 3 is 2.63 bits per heavy atom. The summed E-state index contributed by atoms with van der Waals surface area (Å²) in [5.41, 5.74) is 4.64. The van der Waals surface area contributed by atoms with Gasteiger partial charge in [0, 0.05) is 25.1 Å². The highest BCUT2D eigenvalue weighted by molar-refractivity contribution is 5.86. The number of carboxylic acid groups (broad SMARTS) is 1. The number of aliphatic carboxylic acids is 1. The summed E-state index contributed by atoms with van der Waals surface area (Å²) in [7, 11) is 0. The molecule has 2 amide bonds. The van der Waals surface area contributed by atoms with Crippen LogP contribution in [0.3, 0.4) is 0 Å². The Morgan fingerprint density at radius 2 is 2.05 bits per heavy atom. The number of ether oxygens (including phenoxy) is 1. The standard InChI is InChI=1S/C12H21N3O4/c13-8-3-1-2-4-9(8)14-11(18)15-12(10(16)17)5-6-19-7-12/h8-9H,1-7,13H2,(H,16,17)(H2,14,15,18). The van der Waals surface area contributed by atoms with E-state index in [4.69, 9.17) is 10.5 Å². The monoisotopic (exact) mass is 271 g/mol. The Labute approximate surface area is 111 Å². The van der Waals surface area contributed by atoms with Gasteiger partial charge in [-0.3, -0.25) is 0 Å². The lowest BCUT2D eigenvalue weighted by Gasteiger charge is -2.31. The van der Waals surface area contributed by atoms with E-state index in [1.165, 1.54) is 0 Å². The molecule has 1 heterocycles. The molecule has 0 aromatic rings. The summed E-state index contributed by atoms with van der Waals surface area (Å²) < 4.78 is 5.09. The van der Waals surface area contributed by atoms with E-state index in [9.17, 15) is 14.7 Å². The van der Waals surface area contributed by atoms with Crippen molar-refractivity contribution in [3.63, 3.8) is 0 Å². The quantitative estimate of drug-likeness (QED) is 0.567. The van der Waals surface area contributed by atoms with Crippen molar-refractivity contribution < 1.29 is 19.4 Å². The third kappa shape index (κ3) is 3.16. The molecule has 0 aromatic carbocycles. The topological polar surface area (TPSA) is 114 Å². The molecule has 3 unspecified atom stereocenters. The molecular weight excluding hydrogens is 250 g/mol. The molecule has 1 aliphatic carbocycles. The minimum Gasteiger partial charge on any atom is -0.479 e. The van der Waals surface area contributed by atoms with Gasteiger partial charge in [0.2, 0.25) is 0 Å². The number of hydrogen-bond acceptors (Lipinski definition) is 4. The van der Waals surface area contributed by atoms with Gasteiger partial charge in [-0.05, 0) is 12.8 Å². The van der Waals surface area contributed by atoms with Gasteiger partial charge >= 0.3 is 12.0 Å². The first-order chi connectivity index (χ1) is 9.03. The van der Waals surface area contributed by atoms with Crippen LogP contribution in [-0.4, -0.2) is 47.9 Å². The molecule has 2 rings (SSSR count). The van der Waals surface area contributed by atoms with Gasteiger partial charge < -0.3 is 26.2 Å². The highest BCUT2D eigenvalue weighted by Gasteiger charge is 2.44. The van der Waals surface area contributed by atoms with Gasteiger partial charge in [0.05, 0.1) is 6.61 Å². The van der Waals surface area contributed by atoms with Gasteiger partial charge in [0.15, 0.2) is 5.54 Å². The van der Waals surface area contributed by atoms with Crippen LogP contribution in [0.5, 0.6) is 0 Å². The molecule has 0 aromatic heterocycles. The second kappa shape index (κ2) is 5.75. The fourth-order valence-electron chi connectivity index (χ4n) is 2.65. The zero-order valence-electron chi connectivity index (χ0n) is 10.9. The molecule has 3 atom stereocenters. The zero-order chi connectivity index (χ0) is 13.9. The van der Waals surface area contributed by atoms with Gasteiger partial charge in [-0.15, -0.1) is 0 Å². The average Bonchev–Trinajstić information content (AvgIpc) is 2.82. The Bertz CT molecular complexity index is 355. The number of carbonyl (C=O) groups excluding carboxylic acids is 1. The first-order valence-electron chi connectivity index (χ1n) is 6.69. The second-order valence-electron chi connectivity index (χ2n) is 5.34. The molecule has 5 N–H and O–H groups in total. The van der Waals surface area contributed by atoms with Crippen LogP contribution in [0.25, 0.3) is 0 Å². The smallest absolute Gasteiger partial charge is 0.332 e. The van der Waals surface area contributed by atoms with Crippen LogP contribution in [0.2, 0.25) is 0 Å². The van der Waals surface area contributed by atoms with Gasteiger partial charge in [0.25, 0.3) is 0 Å². The number of rotatable bonds is 3. The highest BCUT2D eigenvalue weighted by atomic mass is 16.5. The van der Waals surface area contributed by atoms with Crippen molar-refractivity contribution in [2.75, 3.05) is 13.2 Å². The molecule has 7 nitrogen and oxygen atoms in total. The average molecular weight is 271 g/mol. The van der Waals surface area contributed by atoms with Crippen LogP contribution in [-0.2, 0) is 9.53 Å². The van der Waals surface area contributed by atoms with Crippen LogP contribution in [0, 0.1) is 0 Å². The van der Waals surface area contributed by atoms with Crippen molar-refractivity contribution in [2.45, 2.75) is 49.7 Å². The number of hydrogen-bond donors (Lipinski definition) is 4. The first kappa shape index (κ1) is 14.1. The van der Waals surface area contributed by atoms with Gasteiger partial charge in [-0.25, -0.2) is 9.59 Å². The van der Waals surface area contributed by atoms with E-state index in [0.717, 1.165) is 25.7 Å². The summed E-state index contributed by atoms with van der Waals surface area (Å²) in [6.07, 6.45) is 4.12. The molecule has 19 heavy (non-hydrogen) atoms. The molecule has 2 aliphatic rings. The van der Waals surface area contributed by atoms with E-state index in [1.807, 2.05) is 0 Å². The number of carboxylic acids is 1. The van der Waals surface area contributed by atoms with Gasteiger partial charge in [-0.1, -0.05) is 12.8 Å². The van der Waals surface area contributed by atoms with Crippen molar-refractivity contribution in [3.05, 3.63) is 0 Å². The van der Waals surface area contributed by atoms with Crippen molar-refractivity contribution in [2.24, 2.45) is 5.73 Å². The summed E-state index contributed by atoms with van der Waals surface area (Å²) in [5, 5.41) is 14.5. The summed E-state index contributed by atoms with van der Waals surface area (Å²) in [6, 6.07) is -0.614. The maximum absolute atomic E-state index is 11.9. The normalized spacial score (nSPS) is 34.8. The van der Waals surface area contributed by atoms with Crippen LogP contribution < -0.4 is 16.4 Å². The first-order valence-corrected chi connectivity index (χ1v) is 6.69. The number of nitrogens with one attached hydrogen (secondary N) is 2. The maximum Gasteiger partial charge on any atom is 0.332 e. The lowest BCUT2D eigenvalue weighted by Crippen LogP contribution is -2.61. The van der Waals surface area contributed by atoms with Crippen LogP contribution in [0.15, 0.2) is 0 Å². The molecule has 0 spiro atoms. The Morgan fingerprint density at radius 1 is 1.32 bits per heavy atom. The van der Waals surface area contributed by atoms with E-state index in [1.54, 1.807) is 0 Å². The van der Waals surface area contributed by atoms with Crippen LogP contribution in [0.4, 0.5) is 4.79 Å². The van der Waals surface area contributed by atoms with Crippen molar-refractivity contribution in [1.82, 2.24) is 10.6 Å². The maximum atomic E-state index is 11.9. The SMILES string of the molecule is NC1CCCCC1NC(=O)NC1(C(=O)O)CCOC1. The fourth-order valence-corrected chi connectivity index (χ4v) is 2.65. The van der Waals surface area contributed by atoms with E-state index in [2.05, 4.69) is 10.6 Å². The summed E-state index contributed by atoms with van der Waals surface area (Å²) >= 11 is 0. The van der Waals surface area contributed by atoms with Crippen molar-refractivity contribution in [3.8, 4) is 0 Å². The zero-order valence-corrected chi connectivity index (χ0v) is 10.9. The molecule has 0 radical (unpaired) electrons. The minimum atomic E-state index is -1.30. The summed E-state index contributed by atoms with van der Waals surface area (Å²) in [4.78, 5) is 23.2. The van der Waals surface area contributed by atoms with Gasteiger partial charge in [-0.2, -0.15) is 0 Å². The molecule has 1 saturated carbocycles.